The zero-order valence-corrected chi connectivity index (χ0v) is 12.3. The molecule has 0 saturated carbocycles. The molecule has 0 radical (unpaired) electrons. The van der Waals surface area contributed by atoms with E-state index in [1.807, 2.05) is 24.3 Å². The van der Waals surface area contributed by atoms with E-state index in [0.717, 1.165) is 10.0 Å². The molecular weight excluding hydrogens is 312 g/mol. The van der Waals surface area contributed by atoms with Gasteiger partial charge in [0.1, 0.15) is 0 Å². The highest BCUT2D eigenvalue weighted by Crippen LogP contribution is 2.09. The van der Waals surface area contributed by atoms with E-state index in [2.05, 4.69) is 26.6 Å². The van der Waals surface area contributed by atoms with Crippen molar-refractivity contribution in [2.75, 3.05) is 13.2 Å². The lowest BCUT2D eigenvalue weighted by molar-refractivity contribution is -0.142. The molecule has 2 amide bonds. The lowest BCUT2D eigenvalue weighted by Crippen LogP contribution is -2.36. The SMILES string of the molecule is CCOC(=O)CCNC(=O)NCc1ccc(Br)cc1. The lowest BCUT2D eigenvalue weighted by atomic mass is 10.2. The Morgan fingerprint density at radius 2 is 1.89 bits per heavy atom. The number of hydrogen-bond donors (Lipinski definition) is 2. The Balaban J connectivity index is 2.17. The summed E-state index contributed by atoms with van der Waals surface area (Å²) in [5.74, 6) is -0.310. The molecule has 6 heteroatoms. The fourth-order valence-electron chi connectivity index (χ4n) is 1.36. The van der Waals surface area contributed by atoms with Crippen LogP contribution in [0, 0.1) is 0 Å². The maximum absolute atomic E-state index is 11.4. The van der Waals surface area contributed by atoms with Crippen LogP contribution in [0.3, 0.4) is 0 Å². The van der Waals surface area contributed by atoms with Gasteiger partial charge in [-0.1, -0.05) is 28.1 Å². The number of carbonyl (C=O) groups is 2. The predicted molar refractivity (Wildman–Crippen MR) is 75.6 cm³/mol. The van der Waals surface area contributed by atoms with Crippen molar-refractivity contribution < 1.29 is 14.3 Å². The quantitative estimate of drug-likeness (QED) is 0.786. The first kappa shape index (κ1) is 15.5. The third-order valence-corrected chi connectivity index (χ3v) is 2.81. The highest BCUT2D eigenvalue weighted by atomic mass is 79.9. The summed E-state index contributed by atoms with van der Waals surface area (Å²) in [7, 11) is 0. The summed E-state index contributed by atoms with van der Waals surface area (Å²) < 4.78 is 5.74. The molecule has 0 bridgehead atoms. The number of rotatable bonds is 6. The number of nitrogens with one attached hydrogen (secondary N) is 2. The molecule has 2 N–H and O–H groups in total. The van der Waals surface area contributed by atoms with Crippen molar-refractivity contribution in [3.8, 4) is 0 Å². The number of hydrogen-bond acceptors (Lipinski definition) is 3. The van der Waals surface area contributed by atoms with Gasteiger partial charge in [-0.25, -0.2) is 4.79 Å². The van der Waals surface area contributed by atoms with Crippen molar-refractivity contribution in [1.29, 1.82) is 0 Å². The number of carbonyl (C=O) groups excluding carboxylic acids is 2. The number of esters is 1. The molecule has 0 heterocycles. The lowest BCUT2D eigenvalue weighted by Gasteiger charge is -2.07. The third-order valence-electron chi connectivity index (χ3n) is 2.29. The van der Waals surface area contributed by atoms with Crippen LogP contribution in [0.25, 0.3) is 0 Å². The summed E-state index contributed by atoms with van der Waals surface area (Å²) in [4.78, 5) is 22.5. The molecule has 0 aromatic heterocycles. The third kappa shape index (κ3) is 6.81. The van der Waals surface area contributed by atoms with Gasteiger partial charge in [0, 0.05) is 17.6 Å². The maximum Gasteiger partial charge on any atom is 0.315 e. The van der Waals surface area contributed by atoms with Crippen LogP contribution in [0.4, 0.5) is 4.79 Å². The highest BCUT2D eigenvalue weighted by Gasteiger charge is 2.04. The second-order valence-electron chi connectivity index (χ2n) is 3.79. The molecule has 0 fully saturated rings. The first-order valence-corrected chi connectivity index (χ1v) is 6.83. The standard InChI is InChI=1S/C13H17BrN2O3/c1-2-19-12(17)7-8-15-13(18)16-9-10-3-5-11(14)6-4-10/h3-6H,2,7-9H2,1H3,(H2,15,16,18). The minimum atomic E-state index is -0.310. The van der Waals surface area contributed by atoms with E-state index in [9.17, 15) is 9.59 Å². The van der Waals surface area contributed by atoms with Crippen molar-refractivity contribution in [3.63, 3.8) is 0 Å². The Morgan fingerprint density at radius 1 is 1.21 bits per heavy atom. The van der Waals surface area contributed by atoms with E-state index in [0.29, 0.717) is 13.2 Å². The topological polar surface area (TPSA) is 67.4 Å². The van der Waals surface area contributed by atoms with E-state index in [1.54, 1.807) is 6.92 Å². The summed E-state index contributed by atoms with van der Waals surface area (Å²) >= 11 is 3.34. The highest BCUT2D eigenvalue weighted by molar-refractivity contribution is 9.10. The average molecular weight is 329 g/mol. The number of urea groups is 1. The molecular formula is C13H17BrN2O3. The zero-order valence-electron chi connectivity index (χ0n) is 10.7. The Bertz CT molecular complexity index is 420. The van der Waals surface area contributed by atoms with Crippen molar-refractivity contribution in [3.05, 3.63) is 34.3 Å². The molecule has 0 aliphatic heterocycles. The largest absolute Gasteiger partial charge is 0.466 e. The molecule has 1 rings (SSSR count). The molecule has 19 heavy (non-hydrogen) atoms. The van der Waals surface area contributed by atoms with Crippen molar-refractivity contribution in [2.45, 2.75) is 19.9 Å². The van der Waals surface area contributed by atoms with Gasteiger partial charge in [-0.3, -0.25) is 4.79 Å². The van der Waals surface area contributed by atoms with Crippen LogP contribution in [-0.4, -0.2) is 25.2 Å². The van der Waals surface area contributed by atoms with Gasteiger partial charge >= 0.3 is 12.0 Å². The van der Waals surface area contributed by atoms with Gasteiger partial charge in [0.05, 0.1) is 13.0 Å². The molecule has 1 aromatic carbocycles. The Kier molecular flexibility index (Phi) is 6.95. The van der Waals surface area contributed by atoms with Crippen LogP contribution in [0.5, 0.6) is 0 Å². The van der Waals surface area contributed by atoms with Gasteiger partial charge < -0.3 is 15.4 Å². The van der Waals surface area contributed by atoms with E-state index >= 15 is 0 Å². The van der Waals surface area contributed by atoms with Gasteiger partial charge in [-0.15, -0.1) is 0 Å². The molecule has 0 aliphatic carbocycles. The normalized spacial score (nSPS) is 9.79. The Labute approximate surface area is 120 Å². The molecule has 0 atom stereocenters. The second-order valence-corrected chi connectivity index (χ2v) is 4.71. The molecule has 0 unspecified atom stereocenters. The number of ether oxygens (including phenoxy) is 1. The minimum Gasteiger partial charge on any atom is -0.466 e. The van der Waals surface area contributed by atoms with Crippen LogP contribution < -0.4 is 10.6 Å². The predicted octanol–water partition coefficient (Wildman–Crippen LogP) is 2.20. The molecule has 104 valence electrons. The molecule has 5 nitrogen and oxygen atoms in total. The van der Waals surface area contributed by atoms with Gasteiger partial charge in [-0.2, -0.15) is 0 Å². The van der Waals surface area contributed by atoms with E-state index < -0.39 is 0 Å². The fraction of sp³-hybridized carbons (Fsp3) is 0.385. The Hall–Kier alpha value is -1.56. The number of benzene rings is 1. The van der Waals surface area contributed by atoms with Crippen molar-refractivity contribution >= 4 is 27.9 Å². The van der Waals surface area contributed by atoms with Gasteiger partial charge in [0.2, 0.25) is 0 Å². The van der Waals surface area contributed by atoms with Crippen LogP contribution in [0.15, 0.2) is 28.7 Å². The van der Waals surface area contributed by atoms with Crippen LogP contribution >= 0.6 is 15.9 Å². The number of amides is 2. The maximum atomic E-state index is 11.4. The monoisotopic (exact) mass is 328 g/mol. The first-order chi connectivity index (χ1) is 9.11. The van der Waals surface area contributed by atoms with Crippen LogP contribution in [0.1, 0.15) is 18.9 Å². The van der Waals surface area contributed by atoms with E-state index in [1.165, 1.54) is 0 Å². The summed E-state index contributed by atoms with van der Waals surface area (Å²) in [6.07, 6.45) is 0.180. The average Bonchev–Trinajstić information content (AvgIpc) is 2.38. The smallest absolute Gasteiger partial charge is 0.315 e. The van der Waals surface area contributed by atoms with Gasteiger partial charge in [0.25, 0.3) is 0 Å². The molecule has 0 spiro atoms. The van der Waals surface area contributed by atoms with Crippen LogP contribution in [0.2, 0.25) is 0 Å². The zero-order chi connectivity index (χ0) is 14.1. The molecule has 1 aromatic rings. The molecule has 0 aliphatic rings. The summed E-state index contributed by atoms with van der Waals surface area (Å²) in [6, 6.07) is 7.37. The summed E-state index contributed by atoms with van der Waals surface area (Å²) in [5.41, 5.74) is 1.00. The first-order valence-electron chi connectivity index (χ1n) is 6.03. The summed E-state index contributed by atoms with van der Waals surface area (Å²) in [5, 5.41) is 5.30. The van der Waals surface area contributed by atoms with E-state index in [4.69, 9.17) is 4.74 Å². The van der Waals surface area contributed by atoms with Gasteiger partial charge in [-0.05, 0) is 24.6 Å². The molecule has 0 saturated heterocycles. The fourth-order valence-corrected chi connectivity index (χ4v) is 1.62. The van der Waals surface area contributed by atoms with Crippen molar-refractivity contribution in [1.82, 2.24) is 10.6 Å². The minimum absolute atomic E-state index is 0.180. The van der Waals surface area contributed by atoms with Crippen LogP contribution in [-0.2, 0) is 16.1 Å². The summed E-state index contributed by atoms with van der Waals surface area (Å²) in [6.45, 7) is 2.81. The number of halogens is 1. The van der Waals surface area contributed by atoms with Crippen molar-refractivity contribution in [2.24, 2.45) is 0 Å². The van der Waals surface area contributed by atoms with E-state index in [-0.39, 0.29) is 25.0 Å². The second kappa shape index (κ2) is 8.53. The van der Waals surface area contributed by atoms with Gasteiger partial charge in [0.15, 0.2) is 0 Å². The Morgan fingerprint density at radius 3 is 2.53 bits per heavy atom.